The molecule has 266 valence electrons. The number of carbonyl (C=O) groups is 3. The van der Waals surface area contributed by atoms with E-state index >= 15 is 0 Å². The van der Waals surface area contributed by atoms with Gasteiger partial charge in [0.1, 0.15) is 30.3 Å². The molecule has 4 aliphatic rings. The molecule has 14 heteroatoms. The van der Waals surface area contributed by atoms with E-state index in [-0.39, 0.29) is 32.4 Å². The Kier molecular flexibility index (Phi) is 9.46. The minimum atomic E-state index is -1.67. The van der Waals surface area contributed by atoms with E-state index in [9.17, 15) is 19.2 Å². The lowest BCUT2D eigenvalue weighted by Gasteiger charge is -2.56. The molecular weight excluding hydrogens is 662 g/mol. The van der Waals surface area contributed by atoms with Gasteiger partial charge in [-0.1, -0.05) is 91.0 Å². The quantitative estimate of drug-likeness (QED) is 0.130. The van der Waals surface area contributed by atoms with Crippen LogP contribution in [-0.4, -0.2) is 83.1 Å². The van der Waals surface area contributed by atoms with Gasteiger partial charge in [0.2, 0.25) is 12.1 Å². The maximum atomic E-state index is 13.1. The summed E-state index contributed by atoms with van der Waals surface area (Å²) < 4.78 is 42.5. The van der Waals surface area contributed by atoms with Crippen molar-refractivity contribution in [2.75, 3.05) is 6.61 Å². The molecule has 1 aliphatic carbocycles. The number of amides is 1. The summed E-state index contributed by atoms with van der Waals surface area (Å²) in [4.78, 5) is 54.7. The van der Waals surface area contributed by atoms with Crippen LogP contribution in [0, 0.1) is 5.92 Å². The fraction of sp³-hybridized carbons (Fsp3) is 0.378. The van der Waals surface area contributed by atoms with Crippen molar-refractivity contribution >= 4 is 30.0 Å². The summed E-state index contributed by atoms with van der Waals surface area (Å²) >= 11 is 0. The first kappa shape index (κ1) is 34.2. The van der Waals surface area contributed by atoms with Crippen LogP contribution < -0.4 is 10.6 Å². The largest absolute Gasteiger partial charge is 0.517 e. The van der Waals surface area contributed by atoms with Gasteiger partial charge < -0.3 is 38.5 Å². The summed E-state index contributed by atoms with van der Waals surface area (Å²) in [6.45, 7) is 2.67. The number of epoxide rings is 1. The van der Waals surface area contributed by atoms with Gasteiger partial charge in [-0.15, -0.1) is 0 Å². The number of aliphatic imine (C=N–C) groups is 1. The highest BCUT2D eigenvalue weighted by Crippen LogP contribution is 2.60. The van der Waals surface area contributed by atoms with Crippen molar-refractivity contribution < 1.29 is 52.3 Å². The predicted molar refractivity (Wildman–Crippen MR) is 178 cm³/mol. The third-order valence-corrected chi connectivity index (χ3v) is 9.39. The molecule has 7 rings (SSSR count). The number of esters is 3. The molecular formula is C37H38N3O11+. The van der Waals surface area contributed by atoms with Gasteiger partial charge in [-0.2, -0.15) is 4.99 Å². The molecule has 14 nitrogen and oxygen atoms in total. The molecule has 0 spiro atoms. The number of ether oxygens (including phenoxy) is 7. The number of rotatable bonds is 11. The van der Waals surface area contributed by atoms with Gasteiger partial charge >= 0.3 is 24.0 Å². The van der Waals surface area contributed by atoms with Gasteiger partial charge in [0.05, 0.1) is 19.8 Å². The Morgan fingerprint density at radius 1 is 0.824 bits per heavy atom. The molecule has 7 unspecified atom stereocenters. The summed E-state index contributed by atoms with van der Waals surface area (Å²) in [6.07, 6.45) is -6.70. The number of alkyl carbamates (subject to hydrolysis) is 1. The van der Waals surface area contributed by atoms with Crippen molar-refractivity contribution in [3.8, 4) is 0 Å². The van der Waals surface area contributed by atoms with Crippen molar-refractivity contribution in [2.24, 2.45) is 10.9 Å². The van der Waals surface area contributed by atoms with E-state index in [1.807, 2.05) is 91.0 Å². The lowest BCUT2D eigenvalue weighted by molar-refractivity contribution is -0.211. The zero-order valence-corrected chi connectivity index (χ0v) is 27.9. The number of benzene rings is 3. The van der Waals surface area contributed by atoms with Gasteiger partial charge in [0, 0.05) is 13.8 Å². The van der Waals surface area contributed by atoms with Crippen molar-refractivity contribution in [3.63, 3.8) is 0 Å². The minimum Gasteiger partial charge on any atom is -0.459 e. The average molecular weight is 701 g/mol. The zero-order valence-electron chi connectivity index (χ0n) is 27.9. The fourth-order valence-electron chi connectivity index (χ4n) is 7.28. The molecule has 1 saturated carbocycles. The maximum Gasteiger partial charge on any atom is 0.517 e. The van der Waals surface area contributed by atoms with E-state index < -0.39 is 71.7 Å². The minimum absolute atomic E-state index is 0.000637. The van der Waals surface area contributed by atoms with Gasteiger partial charge in [0.15, 0.2) is 11.7 Å². The van der Waals surface area contributed by atoms with Crippen LogP contribution in [0.1, 0.15) is 30.5 Å². The van der Waals surface area contributed by atoms with Crippen molar-refractivity contribution in [1.29, 1.82) is 0 Å². The van der Waals surface area contributed by atoms with Gasteiger partial charge in [-0.3, -0.25) is 19.6 Å². The number of nitrogens with zero attached hydrogens (tertiary/aromatic N) is 1. The van der Waals surface area contributed by atoms with E-state index in [1.54, 1.807) is 0 Å². The monoisotopic (exact) mass is 700 g/mol. The number of hydrogen-bond donors (Lipinski definition) is 2. The van der Waals surface area contributed by atoms with Crippen molar-refractivity contribution in [1.82, 2.24) is 10.6 Å². The Balaban J connectivity index is 1.26. The molecule has 3 aromatic rings. The third kappa shape index (κ3) is 6.77. The SMILES string of the molecule is CC(=O)OC1C2C3N=C(NC(=O)OCc4ccccc4)NC2(C(OC(C)=O)C2OC21COCc1ccccc1)[C@H](OCc1ccccc1)C(=[OH+])O3. The van der Waals surface area contributed by atoms with Crippen LogP contribution in [0.2, 0.25) is 0 Å². The summed E-state index contributed by atoms with van der Waals surface area (Å²) in [5.41, 5.74) is -0.504. The molecule has 3 fully saturated rings. The molecule has 51 heavy (non-hydrogen) atoms. The molecule has 1 amide bonds. The van der Waals surface area contributed by atoms with Crippen molar-refractivity contribution in [2.45, 2.75) is 75.5 Å². The summed E-state index contributed by atoms with van der Waals surface area (Å²) in [5.74, 6) is -2.95. The van der Waals surface area contributed by atoms with Crippen LogP contribution in [0.4, 0.5) is 4.79 Å². The maximum absolute atomic E-state index is 13.1. The third-order valence-electron chi connectivity index (χ3n) is 9.39. The molecule has 2 saturated heterocycles. The van der Waals surface area contributed by atoms with E-state index in [2.05, 4.69) is 15.6 Å². The normalized spacial score (nSPS) is 29.8. The number of fused-ring (bicyclic) bond motifs is 1. The van der Waals surface area contributed by atoms with Gasteiger partial charge in [-0.05, 0) is 16.7 Å². The van der Waals surface area contributed by atoms with Gasteiger partial charge in [0.25, 0.3) is 6.23 Å². The second-order valence-corrected chi connectivity index (χ2v) is 12.8. The van der Waals surface area contributed by atoms with Gasteiger partial charge in [-0.25, -0.2) is 4.79 Å². The number of hydrogen-bond acceptors (Lipinski definition) is 12. The average Bonchev–Trinajstić information content (AvgIpc) is 3.85. The van der Waals surface area contributed by atoms with Crippen LogP contribution in [0.5, 0.6) is 0 Å². The molecule has 0 aromatic heterocycles. The van der Waals surface area contributed by atoms with E-state index in [0.717, 1.165) is 16.7 Å². The fourth-order valence-corrected chi connectivity index (χ4v) is 7.28. The number of carbonyl (C=O) groups excluding carboxylic acids is 4. The highest BCUT2D eigenvalue weighted by atomic mass is 16.7. The van der Waals surface area contributed by atoms with Crippen LogP contribution in [0.25, 0.3) is 0 Å². The number of guanidine groups is 1. The second kappa shape index (κ2) is 14.1. The summed E-state index contributed by atoms with van der Waals surface area (Å²) in [6, 6.07) is 27.8. The van der Waals surface area contributed by atoms with E-state index in [0.29, 0.717) is 0 Å². The molecule has 3 aliphatic heterocycles. The molecule has 0 radical (unpaired) electrons. The molecule has 2 bridgehead atoms. The Labute approximate surface area is 293 Å². The topological polar surface area (TPSA) is 177 Å². The lowest BCUT2D eigenvalue weighted by Crippen LogP contribution is -2.84. The summed E-state index contributed by atoms with van der Waals surface area (Å²) in [5, 5.41) is 5.84. The molecule has 3 N–H and O–H groups in total. The van der Waals surface area contributed by atoms with E-state index in [4.69, 9.17) is 33.2 Å². The predicted octanol–water partition coefficient (Wildman–Crippen LogP) is 2.90. The Hall–Kier alpha value is -5.31. The van der Waals surface area contributed by atoms with Crippen molar-refractivity contribution in [3.05, 3.63) is 108 Å². The first-order valence-electron chi connectivity index (χ1n) is 16.5. The molecule has 3 heterocycles. The second-order valence-electron chi connectivity index (χ2n) is 12.8. The first-order chi connectivity index (χ1) is 24.7. The van der Waals surface area contributed by atoms with Crippen LogP contribution >= 0.6 is 0 Å². The summed E-state index contributed by atoms with van der Waals surface area (Å²) in [7, 11) is 0. The molecule has 8 atom stereocenters. The molecule has 3 aromatic carbocycles. The lowest BCUT2D eigenvalue weighted by atomic mass is 9.60. The zero-order chi connectivity index (χ0) is 35.6. The Bertz CT molecular complexity index is 1790. The standard InChI is InChI=1S/C37H37N3O11/c1-22(41)48-28-27-32-38-34(39-35(44)47-20-26-16-10-5-11-17-26)40-37(27,31(33(43)50-32)46-19-25-14-8-4-9-15-25)30(49-23(2)42)29-36(28,51-29)21-45-18-24-12-6-3-7-13-24/h3-17,27-32H,18-21H2,1-2H3,(H2,38,39,40,44)/p+1/t27?,28?,29?,30?,31-,32?,36?,37?/m1/s1. The smallest absolute Gasteiger partial charge is 0.459 e. The first-order valence-corrected chi connectivity index (χ1v) is 16.5. The Morgan fingerprint density at radius 3 is 2.00 bits per heavy atom. The number of nitrogens with one attached hydrogen (secondary N) is 2. The Morgan fingerprint density at radius 2 is 1.39 bits per heavy atom. The van der Waals surface area contributed by atoms with Crippen LogP contribution in [-0.2, 0) is 62.6 Å². The van der Waals surface area contributed by atoms with Crippen LogP contribution in [0.15, 0.2) is 96.0 Å². The van der Waals surface area contributed by atoms with Crippen LogP contribution in [0.3, 0.4) is 0 Å². The van der Waals surface area contributed by atoms with E-state index in [1.165, 1.54) is 13.8 Å². The highest BCUT2D eigenvalue weighted by Gasteiger charge is 2.86. The highest BCUT2D eigenvalue weighted by molar-refractivity contribution is 5.96.